The van der Waals surface area contributed by atoms with Crippen LogP contribution in [0.3, 0.4) is 0 Å². The third-order valence-corrected chi connectivity index (χ3v) is 3.38. The molecule has 3 amide bonds. The average molecular weight is 299 g/mol. The van der Waals surface area contributed by atoms with Crippen molar-refractivity contribution < 1.29 is 14.3 Å². The minimum atomic E-state index is -0.467. The lowest BCUT2D eigenvalue weighted by molar-refractivity contribution is 0.0200. The van der Waals surface area contributed by atoms with Crippen molar-refractivity contribution in [3.63, 3.8) is 0 Å². The van der Waals surface area contributed by atoms with Crippen LogP contribution in [0.15, 0.2) is 0 Å². The van der Waals surface area contributed by atoms with Gasteiger partial charge in [0.05, 0.1) is 0 Å². The highest BCUT2D eigenvalue weighted by molar-refractivity contribution is 5.74. The van der Waals surface area contributed by atoms with E-state index in [1.807, 2.05) is 27.7 Å². The molecule has 1 rings (SSSR count). The van der Waals surface area contributed by atoms with Crippen molar-refractivity contribution in [2.24, 2.45) is 0 Å². The minimum absolute atomic E-state index is 0.0347. The number of nitrogens with one attached hydrogen (secondary N) is 1. The summed E-state index contributed by atoms with van der Waals surface area (Å²) >= 11 is 0. The van der Waals surface area contributed by atoms with Crippen LogP contribution in [0.5, 0.6) is 0 Å². The highest BCUT2D eigenvalue weighted by Crippen LogP contribution is 2.15. The molecule has 6 heteroatoms. The minimum Gasteiger partial charge on any atom is -0.444 e. The predicted octanol–water partition coefficient (Wildman–Crippen LogP) is 2.44. The maximum Gasteiger partial charge on any atom is 0.410 e. The molecule has 0 aliphatic carbocycles. The van der Waals surface area contributed by atoms with Gasteiger partial charge in [0.1, 0.15) is 5.60 Å². The Morgan fingerprint density at radius 2 is 1.86 bits per heavy atom. The zero-order chi connectivity index (χ0) is 16.0. The highest BCUT2D eigenvalue weighted by atomic mass is 16.6. The van der Waals surface area contributed by atoms with Crippen molar-refractivity contribution in [1.29, 1.82) is 0 Å². The summed E-state index contributed by atoms with van der Waals surface area (Å²) < 4.78 is 5.36. The Bertz CT molecular complexity index is 358. The van der Waals surface area contributed by atoms with Gasteiger partial charge in [0.25, 0.3) is 0 Å². The first-order chi connectivity index (χ1) is 9.73. The predicted molar refractivity (Wildman–Crippen MR) is 82.3 cm³/mol. The molecule has 0 atom stereocenters. The van der Waals surface area contributed by atoms with E-state index in [0.29, 0.717) is 13.1 Å². The number of carbonyl (C=O) groups excluding carboxylic acids is 2. The number of hydrogen-bond acceptors (Lipinski definition) is 3. The lowest BCUT2D eigenvalue weighted by Gasteiger charge is -2.34. The van der Waals surface area contributed by atoms with E-state index in [2.05, 4.69) is 5.32 Å². The normalized spacial score (nSPS) is 16.5. The van der Waals surface area contributed by atoms with Gasteiger partial charge in [-0.05, 0) is 40.0 Å². The van der Waals surface area contributed by atoms with Gasteiger partial charge in [-0.1, -0.05) is 6.92 Å². The summed E-state index contributed by atoms with van der Waals surface area (Å²) in [5, 5.41) is 3.02. The van der Waals surface area contributed by atoms with E-state index in [9.17, 15) is 9.59 Å². The molecule has 0 unspecified atom stereocenters. The van der Waals surface area contributed by atoms with Crippen LogP contribution in [0.25, 0.3) is 0 Å². The topological polar surface area (TPSA) is 61.9 Å². The van der Waals surface area contributed by atoms with Crippen LogP contribution in [-0.4, -0.2) is 60.2 Å². The number of amides is 3. The smallest absolute Gasteiger partial charge is 0.410 e. The summed E-state index contributed by atoms with van der Waals surface area (Å²) in [4.78, 5) is 27.3. The molecular weight excluding hydrogens is 270 g/mol. The SMILES string of the molecule is CCCN(C)C(=O)NC1CCN(C(=O)OC(C)(C)C)CC1. The summed E-state index contributed by atoms with van der Waals surface area (Å²) in [5.74, 6) is 0. The Morgan fingerprint density at radius 1 is 1.29 bits per heavy atom. The molecule has 0 aromatic heterocycles. The molecule has 1 fully saturated rings. The quantitative estimate of drug-likeness (QED) is 0.870. The Labute approximate surface area is 127 Å². The van der Waals surface area contributed by atoms with E-state index in [1.54, 1.807) is 16.8 Å². The number of urea groups is 1. The van der Waals surface area contributed by atoms with Crippen molar-refractivity contribution >= 4 is 12.1 Å². The first-order valence-electron chi connectivity index (χ1n) is 7.72. The standard InChI is InChI=1S/C15H29N3O3/c1-6-9-17(5)13(19)16-12-7-10-18(11-8-12)14(20)21-15(2,3)4/h12H,6-11H2,1-5H3,(H,16,19). The van der Waals surface area contributed by atoms with Crippen molar-refractivity contribution in [2.45, 2.75) is 58.6 Å². The number of piperidine rings is 1. The molecule has 1 heterocycles. The maximum absolute atomic E-state index is 11.9. The number of likely N-dealkylation sites (tertiary alicyclic amines) is 1. The van der Waals surface area contributed by atoms with Gasteiger partial charge in [0, 0.05) is 32.7 Å². The summed E-state index contributed by atoms with van der Waals surface area (Å²) in [6.07, 6.45) is 2.21. The molecule has 0 saturated carbocycles. The monoisotopic (exact) mass is 299 g/mol. The van der Waals surface area contributed by atoms with Crippen LogP contribution in [0, 0.1) is 0 Å². The molecule has 1 N–H and O–H groups in total. The van der Waals surface area contributed by atoms with Crippen LogP contribution < -0.4 is 5.32 Å². The third kappa shape index (κ3) is 6.23. The lowest BCUT2D eigenvalue weighted by atomic mass is 10.1. The fraction of sp³-hybridized carbons (Fsp3) is 0.867. The molecule has 122 valence electrons. The van der Waals surface area contributed by atoms with Crippen LogP contribution in [0.4, 0.5) is 9.59 Å². The van der Waals surface area contributed by atoms with E-state index >= 15 is 0 Å². The molecule has 0 aromatic carbocycles. The lowest BCUT2D eigenvalue weighted by Crippen LogP contribution is -2.50. The summed E-state index contributed by atoms with van der Waals surface area (Å²) in [6.45, 7) is 9.63. The van der Waals surface area contributed by atoms with Gasteiger partial charge in [-0.3, -0.25) is 0 Å². The van der Waals surface area contributed by atoms with Gasteiger partial charge in [-0.2, -0.15) is 0 Å². The van der Waals surface area contributed by atoms with E-state index in [-0.39, 0.29) is 18.2 Å². The Balaban J connectivity index is 2.35. The Morgan fingerprint density at radius 3 is 2.33 bits per heavy atom. The van der Waals surface area contributed by atoms with Crippen LogP contribution in [0.1, 0.15) is 47.0 Å². The Hall–Kier alpha value is -1.46. The number of hydrogen-bond donors (Lipinski definition) is 1. The van der Waals surface area contributed by atoms with Gasteiger partial charge in [0.2, 0.25) is 0 Å². The van der Waals surface area contributed by atoms with Gasteiger partial charge in [-0.15, -0.1) is 0 Å². The molecule has 0 radical (unpaired) electrons. The second-order valence-corrected chi connectivity index (χ2v) is 6.61. The number of carbonyl (C=O) groups is 2. The van der Waals surface area contributed by atoms with Gasteiger partial charge in [0.15, 0.2) is 0 Å². The zero-order valence-electron chi connectivity index (χ0n) is 13.9. The van der Waals surface area contributed by atoms with Gasteiger partial charge < -0.3 is 19.9 Å². The van der Waals surface area contributed by atoms with Gasteiger partial charge >= 0.3 is 12.1 Å². The maximum atomic E-state index is 11.9. The molecular formula is C15H29N3O3. The number of rotatable bonds is 3. The summed E-state index contributed by atoms with van der Waals surface area (Å²) in [7, 11) is 1.80. The fourth-order valence-corrected chi connectivity index (χ4v) is 2.25. The second-order valence-electron chi connectivity index (χ2n) is 6.61. The molecule has 6 nitrogen and oxygen atoms in total. The molecule has 1 aliphatic heterocycles. The first-order valence-corrected chi connectivity index (χ1v) is 7.72. The van der Waals surface area contributed by atoms with Crippen molar-refractivity contribution in [3.05, 3.63) is 0 Å². The molecule has 21 heavy (non-hydrogen) atoms. The van der Waals surface area contributed by atoms with Crippen LogP contribution >= 0.6 is 0 Å². The van der Waals surface area contributed by atoms with Gasteiger partial charge in [-0.25, -0.2) is 9.59 Å². The van der Waals surface area contributed by atoms with Crippen molar-refractivity contribution in [3.8, 4) is 0 Å². The molecule has 0 spiro atoms. The van der Waals surface area contributed by atoms with Crippen LogP contribution in [0.2, 0.25) is 0 Å². The van der Waals surface area contributed by atoms with E-state index in [0.717, 1.165) is 25.8 Å². The highest BCUT2D eigenvalue weighted by Gasteiger charge is 2.27. The van der Waals surface area contributed by atoms with E-state index in [1.165, 1.54) is 0 Å². The van der Waals surface area contributed by atoms with Crippen LogP contribution in [-0.2, 0) is 4.74 Å². The summed E-state index contributed by atoms with van der Waals surface area (Å²) in [6, 6.07) is 0.100. The second kappa shape index (κ2) is 7.52. The number of ether oxygens (including phenoxy) is 1. The first kappa shape index (κ1) is 17.6. The number of nitrogens with zero attached hydrogens (tertiary/aromatic N) is 2. The van der Waals surface area contributed by atoms with Crippen molar-refractivity contribution in [1.82, 2.24) is 15.1 Å². The van der Waals surface area contributed by atoms with E-state index < -0.39 is 5.60 Å². The average Bonchev–Trinajstić information content (AvgIpc) is 2.37. The third-order valence-electron chi connectivity index (χ3n) is 3.38. The zero-order valence-corrected chi connectivity index (χ0v) is 13.9. The van der Waals surface area contributed by atoms with Crippen molar-refractivity contribution in [2.75, 3.05) is 26.7 Å². The molecule has 0 aromatic rings. The molecule has 1 saturated heterocycles. The summed E-state index contributed by atoms with van der Waals surface area (Å²) in [5.41, 5.74) is -0.467. The molecule has 1 aliphatic rings. The largest absolute Gasteiger partial charge is 0.444 e. The van der Waals surface area contributed by atoms with E-state index in [4.69, 9.17) is 4.74 Å². The molecule has 0 bridgehead atoms. The Kier molecular flexibility index (Phi) is 6.30. The fourth-order valence-electron chi connectivity index (χ4n) is 2.25.